The van der Waals surface area contributed by atoms with Gasteiger partial charge in [-0.1, -0.05) is 13.0 Å². The molecule has 0 unspecified atom stereocenters. The van der Waals surface area contributed by atoms with E-state index in [0.29, 0.717) is 25.5 Å². The van der Waals surface area contributed by atoms with E-state index in [1.165, 1.54) is 12.0 Å². The fourth-order valence-corrected chi connectivity index (χ4v) is 3.69. The summed E-state index contributed by atoms with van der Waals surface area (Å²) in [6.45, 7) is 3.63. The van der Waals surface area contributed by atoms with Gasteiger partial charge in [0.1, 0.15) is 23.3 Å². The average Bonchev–Trinajstić information content (AvgIpc) is 3.16. The van der Waals surface area contributed by atoms with E-state index < -0.39 is 0 Å². The van der Waals surface area contributed by atoms with Gasteiger partial charge in [-0.2, -0.15) is 0 Å². The second-order valence-electron chi connectivity index (χ2n) is 6.76. The van der Waals surface area contributed by atoms with Crippen molar-refractivity contribution in [2.45, 2.75) is 45.1 Å². The van der Waals surface area contributed by atoms with Gasteiger partial charge < -0.3 is 14.1 Å². The van der Waals surface area contributed by atoms with Crippen LogP contribution in [-0.4, -0.2) is 35.5 Å². The van der Waals surface area contributed by atoms with Crippen LogP contribution in [0, 0.1) is 0 Å². The first-order valence-electron chi connectivity index (χ1n) is 9.22. The van der Waals surface area contributed by atoms with Gasteiger partial charge in [0, 0.05) is 18.7 Å². The Labute approximate surface area is 148 Å². The summed E-state index contributed by atoms with van der Waals surface area (Å²) in [4.78, 5) is 19.6. The van der Waals surface area contributed by atoms with Gasteiger partial charge in [-0.15, -0.1) is 0 Å². The number of amides is 1. The number of pyridine rings is 1. The van der Waals surface area contributed by atoms with E-state index >= 15 is 0 Å². The molecule has 0 spiro atoms. The third kappa shape index (κ3) is 3.21. The quantitative estimate of drug-likeness (QED) is 0.860. The summed E-state index contributed by atoms with van der Waals surface area (Å²) in [6, 6.07) is 7.70. The second-order valence-corrected chi connectivity index (χ2v) is 6.76. The molecule has 1 amide bonds. The van der Waals surface area contributed by atoms with E-state index in [0.717, 1.165) is 42.9 Å². The molecule has 3 heterocycles. The van der Waals surface area contributed by atoms with Crippen molar-refractivity contribution in [3.05, 3.63) is 52.7 Å². The topological polar surface area (TPSA) is 55.6 Å². The Morgan fingerprint density at radius 3 is 2.96 bits per heavy atom. The lowest BCUT2D eigenvalue weighted by molar-refractivity contribution is -0.00932. The van der Waals surface area contributed by atoms with Crippen LogP contribution in [0.2, 0.25) is 0 Å². The molecule has 25 heavy (non-hydrogen) atoms. The van der Waals surface area contributed by atoms with Crippen LogP contribution in [-0.2, 0) is 24.0 Å². The standard InChI is InChI=1S/C20H24N2O3/c1-2-15-8-10-19(25-15)18-13-24-12-11-22(18)20(23)17-9-7-14-5-3-4-6-16(14)21-17/h7-10,18H,2-6,11-13H2,1H3/t18-/m0/s1. The number of furan rings is 1. The molecular formula is C20H24N2O3. The summed E-state index contributed by atoms with van der Waals surface area (Å²) in [6.07, 6.45) is 5.26. The Hall–Kier alpha value is -2.14. The molecule has 4 rings (SSSR count). The van der Waals surface area contributed by atoms with Crippen LogP contribution in [0.25, 0.3) is 0 Å². The van der Waals surface area contributed by atoms with E-state index in [-0.39, 0.29) is 11.9 Å². The van der Waals surface area contributed by atoms with Crippen LogP contribution in [0.4, 0.5) is 0 Å². The molecular weight excluding hydrogens is 316 g/mol. The summed E-state index contributed by atoms with van der Waals surface area (Å²) in [5.74, 6) is 1.69. The molecule has 0 N–H and O–H groups in total. The monoisotopic (exact) mass is 340 g/mol. The number of aromatic nitrogens is 1. The van der Waals surface area contributed by atoms with Crippen molar-refractivity contribution < 1.29 is 13.9 Å². The molecule has 2 aromatic heterocycles. The third-order valence-electron chi connectivity index (χ3n) is 5.15. The van der Waals surface area contributed by atoms with E-state index in [2.05, 4.69) is 18.0 Å². The van der Waals surface area contributed by atoms with Crippen LogP contribution in [0.5, 0.6) is 0 Å². The molecule has 0 aromatic carbocycles. The largest absolute Gasteiger partial charge is 0.464 e. The lowest BCUT2D eigenvalue weighted by Crippen LogP contribution is -2.43. The predicted octanol–water partition coefficient (Wildman–Crippen LogP) is 3.33. The number of ether oxygens (including phenoxy) is 1. The number of hydrogen-bond acceptors (Lipinski definition) is 4. The van der Waals surface area contributed by atoms with Gasteiger partial charge in [-0.25, -0.2) is 4.98 Å². The van der Waals surface area contributed by atoms with Crippen LogP contribution < -0.4 is 0 Å². The van der Waals surface area contributed by atoms with Gasteiger partial charge in [0.15, 0.2) is 0 Å². The average molecular weight is 340 g/mol. The van der Waals surface area contributed by atoms with E-state index in [1.807, 2.05) is 23.1 Å². The molecule has 0 saturated carbocycles. The number of hydrogen-bond donors (Lipinski definition) is 0. The Morgan fingerprint density at radius 2 is 2.12 bits per heavy atom. The first-order chi connectivity index (χ1) is 12.3. The highest BCUT2D eigenvalue weighted by Crippen LogP contribution is 2.28. The summed E-state index contributed by atoms with van der Waals surface area (Å²) in [5.41, 5.74) is 2.92. The smallest absolute Gasteiger partial charge is 0.273 e. The Kier molecular flexibility index (Phi) is 4.57. The fraction of sp³-hybridized carbons (Fsp3) is 0.500. The van der Waals surface area contributed by atoms with E-state index in [4.69, 9.17) is 9.15 Å². The van der Waals surface area contributed by atoms with Crippen LogP contribution >= 0.6 is 0 Å². The van der Waals surface area contributed by atoms with Gasteiger partial charge >= 0.3 is 0 Å². The lowest BCUT2D eigenvalue weighted by atomic mass is 9.96. The summed E-state index contributed by atoms with van der Waals surface area (Å²) in [7, 11) is 0. The van der Waals surface area contributed by atoms with Gasteiger partial charge in [0.05, 0.1) is 13.2 Å². The molecule has 2 aliphatic rings. The molecule has 1 aliphatic carbocycles. The highest BCUT2D eigenvalue weighted by Gasteiger charge is 2.32. The van der Waals surface area contributed by atoms with Crippen molar-refractivity contribution in [3.8, 4) is 0 Å². The Bertz CT molecular complexity index is 768. The first-order valence-corrected chi connectivity index (χ1v) is 9.22. The van der Waals surface area contributed by atoms with Crippen molar-refractivity contribution in [2.75, 3.05) is 19.8 Å². The molecule has 5 heteroatoms. The summed E-state index contributed by atoms with van der Waals surface area (Å²) < 4.78 is 11.5. The van der Waals surface area contributed by atoms with Gasteiger partial charge in [0.25, 0.3) is 5.91 Å². The number of morpholine rings is 1. The summed E-state index contributed by atoms with van der Waals surface area (Å²) >= 11 is 0. The molecule has 2 aromatic rings. The van der Waals surface area contributed by atoms with Crippen molar-refractivity contribution in [1.29, 1.82) is 0 Å². The van der Waals surface area contributed by atoms with Gasteiger partial charge in [-0.3, -0.25) is 4.79 Å². The van der Waals surface area contributed by atoms with Crippen molar-refractivity contribution >= 4 is 5.91 Å². The molecule has 1 aliphatic heterocycles. The normalized spacial score (nSPS) is 20.4. The third-order valence-corrected chi connectivity index (χ3v) is 5.15. The molecule has 0 bridgehead atoms. The molecule has 0 radical (unpaired) electrons. The molecule has 5 nitrogen and oxygen atoms in total. The second kappa shape index (κ2) is 7.00. The number of rotatable bonds is 3. The summed E-state index contributed by atoms with van der Waals surface area (Å²) in [5, 5.41) is 0. The van der Waals surface area contributed by atoms with Crippen LogP contribution in [0.15, 0.2) is 28.7 Å². The van der Waals surface area contributed by atoms with Gasteiger partial charge in [0.2, 0.25) is 0 Å². The molecule has 1 saturated heterocycles. The number of carbonyl (C=O) groups excluding carboxylic acids is 1. The highest BCUT2D eigenvalue weighted by molar-refractivity contribution is 5.92. The zero-order chi connectivity index (χ0) is 17.2. The molecule has 1 atom stereocenters. The fourth-order valence-electron chi connectivity index (χ4n) is 3.69. The molecule has 1 fully saturated rings. The number of nitrogens with zero attached hydrogens (tertiary/aromatic N) is 2. The zero-order valence-electron chi connectivity index (χ0n) is 14.7. The molecule has 132 valence electrons. The Morgan fingerprint density at radius 1 is 1.24 bits per heavy atom. The van der Waals surface area contributed by atoms with Crippen molar-refractivity contribution in [2.24, 2.45) is 0 Å². The number of aryl methyl sites for hydroxylation is 3. The Balaban J connectivity index is 1.60. The minimum atomic E-state index is -0.181. The maximum atomic E-state index is 13.1. The van der Waals surface area contributed by atoms with E-state index in [1.54, 1.807) is 0 Å². The maximum absolute atomic E-state index is 13.1. The minimum absolute atomic E-state index is 0.0314. The van der Waals surface area contributed by atoms with Crippen molar-refractivity contribution in [1.82, 2.24) is 9.88 Å². The lowest BCUT2D eigenvalue weighted by Gasteiger charge is -2.34. The first kappa shape index (κ1) is 16.3. The number of fused-ring (bicyclic) bond motifs is 1. The van der Waals surface area contributed by atoms with E-state index in [9.17, 15) is 4.79 Å². The van der Waals surface area contributed by atoms with Crippen LogP contribution in [0.3, 0.4) is 0 Å². The van der Waals surface area contributed by atoms with Crippen LogP contribution in [0.1, 0.15) is 59.1 Å². The SMILES string of the molecule is CCc1ccc([C@@H]2COCCN2C(=O)c2ccc3c(n2)CCCC3)o1. The van der Waals surface area contributed by atoms with Gasteiger partial charge in [-0.05, 0) is 49.4 Å². The minimum Gasteiger partial charge on any atom is -0.464 e. The maximum Gasteiger partial charge on any atom is 0.273 e. The highest BCUT2D eigenvalue weighted by atomic mass is 16.5. The number of carbonyl (C=O) groups is 1. The van der Waals surface area contributed by atoms with Crippen molar-refractivity contribution in [3.63, 3.8) is 0 Å². The predicted molar refractivity (Wildman–Crippen MR) is 93.6 cm³/mol. The zero-order valence-corrected chi connectivity index (χ0v) is 14.7.